The molecule has 0 amide bonds. The van der Waals surface area contributed by atoms with E-state index < -0.39 is 0 Å². The van der Waals surface area contributed by atoms with Crippen molar-refractivity contribution in [2.45, 2.75) is 13.3 Å². The lowest BCUT2D eigenvalue weighted by molar-refractivity contribution is 0.439. The molecule has 2 rings (SSSR count). The fraction of sp³-hybridized carbons (Fsp3) is 0.182. The first-order valence-electron chi connectivity index (χ1n) is 4.71. The number of nitrogens with two attached hydrogens (primary N) is 1. The molecular weight excluding hydrogens is 195 g/mol. The van der Waals surface area contributed by atoms with Crippen molar-refractivity contribution < 1.29 is 8.91 Å². The van der Waals surface area contributed by atoms with E-state index in [1.54, 1.807) is 6.07 Å². The number of hydrogen-bond acceptors (Lipinski definition) is 3. The van der Waals surface area contributed by atoms with Crippen LogP contribution in [0.15, 0.2) is 28.8 Å². The smallest absolute Gasteiger partial charge is 0.222 e. The fourth-order valence-corrected chi connectivity index (χ4v) is 1.43. The lowest BCUT2D eigenvalue weighted by atomic mass is 10.1. The summed E-state index contributed by atoms with van der Waals surface area (Å²) in [5.74, 6) is -0.0433. The van der Waals surface area contributed by atoms with E-state index in [4.69, 9.17) is 10.3 Å². The van der Waals surface area contributed by atoms with E-state index in [1.807, 2.05) is 13.0 Å². The quantitative estimate of drug-likeness (QED) is 0.821. The van der Waals surface area contributed by atoms with Gasteiger partial charge < -0.3 is 10.3 Å². The van der Waals surface area contributed by atoms with Gasteiger partial charge in [-0.25, -0.2) is 4.39 Å². The Morgan fingerprint density at radius 3 is 2.73 bits per heavy atom. The molecule has 0 radical (unpaired) electrons. The Kier molecular flexibility index (Phi) is 2.41. The molecule has 0 saturated heterocycles. The number of rotatable bonds is 2. The number of nitrogens with zero attached hydrogens (tertiary/aromatic N) is 1. The number of anilines is 1. The minimum absolute atomic E-state index is 0.229. The molecule has 0 spiro atoms. The summed E-state index contributed by atoms with van der Waals surface area (Å²) in [7, 11) is 0. The van der Waals surface area contributed by atoms with Crippen molar-refractivity contribution in [3.05, 3.63) is 35.6 Å². The Morgan fingerprint density at radius 2 is 2.13 bits per heavy atom. The van der Waals surface area contributed by atoms with Crippen LogP contribution in [0.3, 0.4) is 0 Å². The zero-order chi connectivity index (χ0) is 10.8. The van der Waals surface area contributed by atoms with Gasteiger partial charge in [-0.1, -0.05) is 12.1 Å². The molecule has 2 N–H and O–H groups in total. The van der Waals surface area contributed by atoms with Gasteiger partial charge in [-0.3, -0.25) is 0 Å². The van der Waals surface area contributed by atoms with E-state index >= 15 is 0 Å². The predicted molar refractivity (Wildman–Crippen MR) is 55.7 cm³/mol. The van der Waals surface area contributed by atoms with Crippen LogP contribution in [0.2, 0.25) is 0 Å². The van der Waals surface area contributed by atoms with Crippen LogP contribution in [0.5, 0.6) is 0 Å². The first kappa shape index (κ1) is 9.71. The molecule has 0 unspecified atom stereocenters. The molecule has 1 aromatic heterocycles. The van der Waals surface area contributed by atoms with Crippen LogP contribution in [0.25, 0.3) is 11.3 Å². The van der Waals surface area contributed by atoms with Gasteiger partial charge in [-0.2, -0.15) is 0 Å². The van der Waals surface area contributed by atoms with E-state index in [0.29, 0.717) is 11.3 Å². The number of aryl methyl sites for hydroxylation is 1. The fourth-order valence-electron chi connectivity index (χ4n) is 1.43. The summed E-state index contributed by atoms with van der Waals surface area (Å²) in [6.45, 7) is 1.97. The lowest BCUT2D eigenvalue weighted by Crippen LogP contribution is -1.86. The molecule has 1 aromatic carbocycles. The maximum Gasteiger partial charge on any atom is 0.222 e. The molecular formula is C11H11FN2O. The van der Waals surface area contributed by atoms with Crippen LogP contribution in [0, 0.1) is 5.82 Å². The third kappa shape index (κ3) is 1.98. The number of benzene rings is 1. The average molecular weight is 206 g/mol. The van der Waals surface area contributed by atoms with Crippen LogP contribution < -0.4 is 5.73 Å². The van der Waals surface area contributed by atoms with Crippen molar-refractivity contribution in [2.75, 3.05) is 5.73 Å². The number of hydrogen-bond donors (Lipinski definition) is 1. The molecule has 78 valence electrons. The van der Waals surface area contributed by atoms with E-state index in [2.05, 4.69) is 5.16 Å². The molecule has 0 atom stereocenters. The monoisotopic (exact) mass is 206 g/mol. The molecule has 1 heterocycles. The van der Waals surface area contributed by atoms with Crippen molar-refractivity contribution in [3.63, 3.8) is 0 Å². The third-order valence-corrected chi connectivity index (χ3v) is 2.19. The van der Waals surface area contributed by atoms with Crippen molar-refractivity contribution in [3.8, 4) is 11.3 Å². The highest BCUT2D eigenvalue weighted by molar-refractivity contribution is 5.62. The van der Waals surface area contributed by atoms with Crippen LogP contribution in [0.1, 0.15) is 12.5 Å². The van der Waals surface area contributed by atoms with Gasteiger partial charge >= 0.3 is 0 Å². The van der Waals surface area contributed by atoms with Crippen LogP contribution in [-0.2, 0) is 6.42 Å². The molecule has 3 nitrogen and oxygen atoms in total. The van der Waals surface area contributed by atoms with Gasteiger partial charge in [0.15, 0.2) is 0 Å². The number of halogens is 1. The summed E-state index contributed by atoms with van der Waals surface area (Å²) in [4.78, 5) is 0. The molecule has 0 aliphatic carbocycles. The van der Waals surface area contributed by atoms with E-state index in [-0.39, 0.29) is 11.7 Å². The molecule has 0 aliphatic rings. The zero-order valence-electron chi connectivity index (χ0n) is 8.33. The number of nitrogen functional groups attached to an aromatic ring is 1. The first-order valence-corrected chi connectivity index (χ1v) is 4.71. The minimum atomic E-state index is -0.272. The summed E-state index contributed by atoms with van der Waals surface area (Å²) in [5, 5.41) is 3.74. The molecule has 4 heteroatoms. The number of aromatic nitrogens is 1. The third-order valence-electron chi connectivity index (χ3n) is 2.19. The highest BCUT2D eigenvalue weighted by Gasteiger charge is 2.06. The highest BCUT2D eigenvalue weighted by Crippen LogP contribution is 2.22. The molecule has 0 aliphatic heterocycles. The SMILES string of the molecule is CCc1cc(F)cc(-c2cc(N)on2)c1. The summed E-state index contributed by atoms with van der Waals surface area (Å²) in [6.07, 6.45) is 0.776. The molecule has 0 fully saturated rings. The maximum absolute atomic E-state index is 13.2. The second-order valence-electron chi connectivity index (χ2n) is 3.32. The van der Waals surface area contributed by atoms with Crippen molar-refractivity contribution in [1.82, 2.24) is 5.16 Å². The summed E-state index contributed by atoms with van der Waals surface area (Å²) < 4.78 is 18.0. The Hall–Kier alpha value is -1.84. The minimum Gasteiger partial charge on any atom is -0.368 e. The summed E-state index contributed by atoms with van der Waals surface area (Å²) >= 11 is 0. The standard InChI is InChI=1S/C11H11FN2O/c1-2-7-3-8(5-9(12)4-7)10-6-11(13)15-14-10/h3-6H,2,13H2,1H3. The zero-order valence-corrected chi connectivity index (χ0v) is 8.33. The normalized spacial score (nSPS) is 10.5. The van der Waals surface area contributed by atoms with Crippen LogP contribution in [0.4, 0.5) is 10.3 Å². The summed E-state index contributed by atoms with van der Waals surface area (Å²) in [6, 6.07) is 6.37. The first-order chi connectivity index (χ1) is 7.19. The molecule has 0 bridgehead atoms. The van der Waals surface area contributed by atoms with Gasteiger partial charge in [0.05, 0.1) is 0 Å². The highest BCUT2D eigenvalue weighted by atomic mass is 19.1. The van der Waals surface area contributed by atoms with Crippen molar-refractivity contribution in [1.29, 1.82) is 0 Å². The van der Waals surface area contributed by atoms with Gasteiger partial charge in [-0.05, 0) is 30.2 Å². The topological polar surface area (TPSA) is 52.0 Å². The Morgan fingerprint density at radius 1 is 1.33 bits per heavy atom. The Bertz CT molecular complexity index is 479. The second kappa shape index (κ2) is 3.73. The molecule has 15 heavy (non-hydrogen) atoms. The van der Waals surface area contributed by atoms with E-state index in [1.165, 1.54) is 12.1 Å². The van der Waals surface area contributed by atoms with Gasteiger partial charge in [0.25, 0.3) is 0 Å². The van der Waals surface area contributed by atoms with Crippen molar-refractivity contribution in [2.24, 2.45) is 0 Å². The van der Waals surface area contributed by atoms with Gasteiger partial charge in [0.1, 0.15) is 11.5 Å². The van der Waals surface area contributed by atoms with Gasteiger partial charge in [-0.15, -0.1) is 0 Å². The lowest BCUT2D eigenvalue weighted by Gasteiger charge is -2.00. The van der Waals surface area contributed by atoms with Crippen molar-refractivity contribution >= 4 is 5.88 Å². The van der Waals surface area contributed by atoms with Crippen LogP contribution >= 0.6 is 0 Å². The van der Waals surface area contributed by atoms with Gasteiger partial charge in [0.2, 0.25) is 5.88 Å². The second-order valence-corrected chi connectivity index (χ2v) is 3.32. The van der Waals surface area contributed by atoms with E-state index in [9.17, 15) is 4.39 Å². The molecule has 0 saturated carbocycles. The largest absolute Gasteiger partial charge is 0.368 e. The predicted octanol–water partition coefficient (Wildman–Crippen LogP) is 2.63. The maximum atomic E-state index is 13.2. The summed E-state index contributed by atoms with van der Waals surface area (Å²) in [5.41, 5.74) is 7.57. The van der Waals surface area contributed by atoms with E-state index in [0.717, 1.165) is 12.0 Å². The van der Waals surface area contributed by atoms with Crippen LogP contribution in [-0.4, -0.2) is 5.16 Å². The average Bonchev–Trinajstić information content (AvgIpc) is 2.64. The molecule has 2 aromatic rings. The Labute approximate surface area is 86.7 Å². The van der Waals surface area contributed by atoms with Gasteiger partial charge in [0, 0.05) is 11.6 Å². The Balaban J connectivity index is 2.48.